The van der Waals surface area contributed by atoms with Gasteiger partial charge in [-0.3, -0.25) is 0 Å². The first-order valence-corrected chi connectivity index (χ1v) is 7.59. The van der Waals surface area contributed by atoms with E-state index in [2.05, 4.69) is 4.74 Å². The first-order chi connectivity index (χ1) is 10.2. The molecule has 0 unspecified atom stereocenters. The van der Waals surface area contributed by atoms with Crippen LogP contribution in [-0.4, -0.2) is 26.5 Å². The van der Waals surface area contributed by atoms with Gasteiger partial charge in [0.05, 0.1) is 11.5 Å². The fourth-order valence-electron chi connectivity index (χ4n) is 1.38. The van der Waals surface area contributed by atoms with Crippen molar-refractivity contribution < 1.29 is 31.1 Å². The molecule has 0 bridgehead atoms. The van der Waals surface area contributed by atoms with E-state index in [0.29, 0.717) is 5.56 Å². The number of benzene rings is 1. The Labute approximate surface area is 125 Å². The fourth-order valence-corrected chi connectivity index (χ4v) is 2.14. The third-order valence-electron chi connectivity index (χ3n) is 2.41. The average molecular weight is 334 g/mol. The van der Waals surface area contributed by atoms with Gasteiger partial charge in [-0.25, -0.2) is 13.2 Å². The van der Waals surface area contributed by atoms with Crippen LogP contribution < -0.4 is 0 Å². The van der Waals surface area contributed by atoms with Crippen LogP contribution in [0.25, 0.3) is 6.08 Å². The summed E-state index contributed by atoms with van der Waals surface area (Å²) in [6.45, 7) is 1.92. The summed E-state index contributed by atoms with van der Waals surface area (Å²) in [7, 11) is -5.34. The van der Waals surface area contributed by atoms with Gasteiger partial charge >= 0.3 is 11.5 Å². The summed E-state index contributed by atoms with van der Waals surface area (Å²) in [6, 6.07) is 4.20. The molecule has 0 aliphatic rings. The molecule has 1 aromatic carbocycles. The van der Waals surface area contributed by atoms with Crippen LogP contribution in [0.4, 0.5) is 13.2 Å². The average Bonchev–Trinajstić information content (AvgIpc) is 2.43. The van der Waals surface area contributed by atoms with Crippen molar-refractivity contribution >= 4 is 21.9 Å². The number of carbonyl (C=O) groups excluding carboxylic acids is 1. The number of ether oxygens (including phenoxy) is 1. The fraction of sp³-hybridized carbons (Fsp3) is 0.214. The van der Waals surface area contributed by atoms with E-state index in [9.17, 15) is 26.4 Å². The lowest BCUT2D eigenvalue weighted by molar-refractivity contribution is -0.137. The zero-order valence-electron chi connectivity index (χ0n) is 11.5. The van der Waals surface area contributed by atoms with Gasteiger partial charge in [-0.1, -0.05) is 30.4 Å². The standard InChI is InChI=1S/C14H13F3O4S/c1-2-21-13(18)6-4-3-5-11-7-9-12(10-8-11)22(19,20)14(15,16)17/h3-10H,2H2,1H3/b5-3+,6-4+. The van der Waals surface area contributed by atoms with Gasteiger partial charge in [-0.2, -0.15) is 13.2 Å². The Morgan fingerprint density at radius 3 is 2.27 bits per heavy atom. The van der Waals surface area contributed by atoms with Gasteiger partial charge in [0, 0.05) is 6.08 Å². The van der Waals surface area contributed by atoms with E-state index in [0.717, 1.165) is 12.1 Å². The number of sulfone groups is 1. The maximum absolute atomic E-state index is 12.4. The van der Waals surface area contributed by atoms with Crippen LogP contribution in [0, 0.1) is 0 Å². The molecule has 0 amide bonds. The Morgan fingerprint density at radius 1 is 1.18 bits per heavy atom. The number of carbonyl (C=O) groups is 1. The Kier molecular flexibility index (Phi) is 5.92. The van der Waals surface area contributed by atoms with Crippen LogP contribution in [-0.2, 0) is 19.4 Å². The molecule has 1 rings (SSSR count). The molecule has 0 radical (unpaired) electrons. The molecule has 0 saturated carbocycles. The molecule has 0 heterocycles. The van der Waals surface area contributed by atoms with Crippen LogP contribution in [0.1, 0.15) is 12.5 Å². The summed E-state index contributed by atoms with van der Waals surface area (Å²) < 4.78 is 64.0. The number of hydrogen-bond acceptors (Lipinski definition) is 4. The lowest BCUT2D eigenvalue weighted by Crippen LogP contribution is -2.23. The summed E-state index contributed by atoms with van der Waals surface area (Å²) in [6.07, 6.45) is 5.56. The van der Waals surface area contributed by atoms with Crippen molar-refractivity contribution in [2.75, 3.05) is 6.61 Å². The number of halogens is 3. The minimum Gasteiger partial charge on any atom is -0.463 e. The van der Waals surface area contributed by atoms with E-state index in [1.165, 1.54) is 36.4 Å². The third kappa shape index (κ3) is 4.73. The van der Waals surface area contributed by atoms with Gasteiger partial charge in [-0.15, -0.1) is 0 Å². The van der Waals surface area contributed by atoms with Gasteiger partial charge < -0.3 is 4.74 Å². The van der Waals surface area contributed by atoms with Crippen LogP contribution in [0.2, 0.25) is 0 Å². The van der Waals surface area contributed by atoms with E-state index < -0.39 is 26.2 Å². The SMILES string of the molecule is CCOC(=O)/C=C/C=C/c1ccc(S(=O)(=O)C(F)(F)F)cc1. The Balaban J connectivity index is 2.81. The molecule has 4 nitrogen and oxygen atoms in total. The molecule has 0 aliphatic heterocycles. The molecule has 0 aliphatic carbocycles. The van der Waals surface area contributed by atoms with Gasteiger partial charge in [0.1, 0.15) is 0 Å². The highest BCUT2D eigenvalue weighted by Gasteiger charge is 2.46. The van der Waals surface area contributed by atoms with Crippen molar-refractivity contribution in [2.45, 2.75) is 17.3 Å². The number of esters is 1. The van der Waals surface area contributed by atoms with Crippen molar-refractivity contribution in [3.63, 3.8) is 0 Å². The quantitative estimate of drug-likeness (QED) is 0.472. The van der Waals surface area contributed by atoms with E-state index in [4.69, 9.17) is 0 Å². The van der Waals surface area contributed by atoms with Gasteiger partial charge in [0.15, 0.2) is 0 Å². The zero-order valence-corrected chi connectivity index (χ0v) is 12.3. The van der Waals surface area contributed by atoms with E-state index in [-0.39, 0.29) is 6.61 Å². The molecule has 0 aromatic heterocycles. The topological polar surface area (TPSA) is 60.4 Å². The molecule has 8 heteroatoms. The van der Waals surface area contributed by atoms with Crippen molar-refractivity contribution in [3.05, 3.63) is 48.1 Å². The smallest absolute Gasteiger partial charge is 0.463 e. The first kappa shape index (κ1) is 18.0. The van der Waals surface area contributed by atoms with Gasteiger partial charge in [0.25, 0.3) is 9.84 Å². The molecule has 1 aromatic rings. The molecular weight excluding hydrogens is 321 g/mol. The lowest BCUT2D eigenvalue weighted by atomic mass is 10.2. The predicted molar refractivity (Wildman–Crippen MR) is 74.5 cm³/mol. The number of allylic oxidation sites excluding steroid dienone is 2. The second-order valence-electron chi connectivity index (χ2n) is 3.99. The molecule has 0 saturated heterocycles. The van der Waals surface area contributed by atoms with Gasteiger partial charge in [-0.05, 0) is 24.6 Å². The first-order valence-electron chi connectivity index (χ1n) is 6.11. The summed E-state index contributed by atoms with van der Waals surface area (Å²) in [4.78, 5) is 10.2. The highest BCUT2D eigenvalue weighted by atomic mass is 32.2. The highest BCUT2D eigenvalue weighted by molar-refractivity contribution is 7.92. The van der Waals surface area contributed by atoms with Crippen molar-refractivity contribution in [3.8, 4) is 0 Å². The minimum absolute atomic E-state index is 0.252. The maximum atomic E-state index is 12.4. The highest BCUT2D eigenvalue weighted by Crippen LogP contribution is 2.30. The molecule has 120 valence electrons. The molecule has 0 fully saturated rings. The largest absolute Gasteiger partial charge is 0.501 e. The van der Waals surface area contributed by atoms with Gasteiger partial charge in [0.2, 0.25) is 0 Å². The van der Waals surface area contributed by atoms with Crippen LogP contribution in [0.15, 0.2) is 47.4 Å². The lowest BCUT2D eigenvalue weighted by Gasteiger charge is -2.07. The Bertz CT molecular complexity index is 671. The molecule has 0 atom stereocenters. The summed E-state index contributed by atoms with van der Waals surface area (Å²) >= 11 is 0. The normalized spacial score (nSPS) is 12.9. The number of rotatable bonds is 5. The van der Waals surface area contributed by atoms with E-state index in [1.54, 1.807) is 6.92 Å². The van der Waals surface area contributed by atoms with Crippen molar-refractivity contribution in [1.82, 2.24) is 0 Å². The maximum Gasteiger partial charge on any atom is 0.501 e. The third-order valence-corrected chi connectivity index (χ3v) is 3.92. The minimum atomic E-state index is -5.34. The molecule has 0 spiro atoms. The second-order valence-corrected chi connectivity index (χ2v) is 5.93. The van der Waals surface area contributed by atoms with E-state index in [1.807, 2.05) is 0 Å². The van der Waals surface area contributed by atoms with Crippen LogP contribution in [0.5, 0.6) is 0 Å². The van der Waals surface area contributed by atoms with Crippen molar-refractivity contribution in [1.29, 1.82) is 0 Å². The van der Waals surface area contributed by atoms with Crippen LogP contribution >= 0.6 is 0 Å². The second kappa shape index (κ2) is 7.26. The van der Waals surface area contributed by atoms with Crippen molar-refractivity contribution in [2.24, 2.45) is 0 Å². The molecule has 0 N–H and O–H groups in total. The van der Waals surface area contributed by atoms with E-state index >= 15 is 0 Å². The number of hydrogen-bond donors (Lipinski definition) is 0. The Morgan fingerprint density at radius 2 is 1.77 bits per heavy atom. The summed E-state index contributed by atoms with van der Waals surface area (Å²) in [5.74, 6) is -0.515. The molecular formula is C14H13F3O4S. The summed E-state index contributed by atoms with van der Waals surface area (Å²) in [5, 5.41) is 0. The Hall–Kier alpha value is -2.09. The predicted octanol–water partition coefficient (Wildman–Crippen LogP) is 3.11. The molecule has 22 heavy (non-hydrogen) atoms. The monoisotopic (exact) mass is 334 g/mol. The number of alkyl halides is 3. The van der Waals surface area contributed by atoms with Crippen LogP contribution in [0.3, 0.4) is 0 Å². The zero-order chi connectivity index (χ0) is 16.8. The summed E-state index contributed by atoms with van der Waals surface area (Å²) in [5.41, 5.74) is -4.85.